The number of rotatable bonds is 3. The van der Waals surface area contributed by atoms with E-state index in [2.05, 4.69) is 20.8 Å². The minimum atomic E-state index is -3.28. The number of hydrogen-bond acceptors (Lipinski definition) is 3. The van der Waals surface area contributed by atoms with Gasteiger partial charge < -0.3 is 0 Å². The van der Waals surface area contributed by atoms with Crippen LogP contribution in [0.4, 0.5) is 0 Å². The van der Waals surface area contributed by atoms with Crippen LogP contribution >= 0.6 is 0 Å². The Labute approximate surface area is 127 Å². The molecule has 1 saturated heterocycles. The van der Waals surface area contributed by atoms with Gasteiger partial charge in [0.05, 0.1) is 17.4 Å². The van der Waals surface area contributed by atoms with Gasteiger partial charge in [-0.05, 0) is 35.4 Å². The molecular weight excluding hydrogens is 284 g/mol. The highest BCUT2D eigenvalue weighted by Gasteiger charge is 2.36. The van der Waals surface area contributed by atoms with Crippen LogP contribution in [-0.4, -0.2) is 25.8 Å². The molecule has 0 aliphatic carbocycles. The van der Waals surface area contributed by atoms with Gasteiger partial charge in [0, 0.05) is 13.1 Å². The predicted octanol–water partition coefficient (Wildman–Crippen LogP) is 2.76. The second kappa shape index (κ2) is 5.78. The lowest BCUT2D eigenvalue weighted by atomic mass is 9.80. The van der Waals surface area contributed by atoms with E-state index in [0.29, 0.717) is 24.6 Å². The fourth-order valence-corrected chi connectivity index (χ4v) is 4.25. The standard InChI is InChI=1S/C16H22N2O2S/c1-16(2,3)15-8-9-18(11-15)21(19,20)12-14-6-4-13(10-17)5-7-14/h4-7,15H,8-9,11-12H2,1-3H3. The number of hydrogen-bond donors (Lipinski definition) is 0. The Hall–Kier alpha value is -1.38. The first-order valence-electron chi connectivity index (χ1n) is 7.19. The summed E-state index contributed by atoms with van der Waals surface area (Å²) in [7, 11) is -3.28. The minimum absolute atomic E-state index is 0.00950. The summed E-state index contributed by atoms with van der Waals surface area (Å²) in [6, 6.07) is 8.79. The van der Waals surface area contributed by atoms with Gasteiger partial charge in [-0.3, -0.25) is 0 Å². The number of benzene rings is 1. The molecule has 1 unspecified atom stereocenters. The van der Waals surface area contributed by atoms with Crippen LogP contribution in [0, 0.1) is 22.7 Å². The van der Waals surface area contributed by atoms with Crippen LogP contribution in [-0.2, 0) is 15.8 Å². The van der Waals surface area contributed by atoms with Gasteiger partial charge in [0.2, 0.25) is 10.0 Å². The normalized spacial score (nSPS) is 20.4. The summed E-state index contributed by atoms with van der Waals surface area (Å²) >= 11 is 0. The Bertz CT molecular complexity index is 636. The summed E-state index contributed by atoms with van der Waals surface area (Å²) < 4.78 is 26.6. The Balaban J connectivity index is 2.07. The molecule has 1 aliphatic heterocycles. The molecule has 1 aromatic carbocycles. The van der Waals surface area contributed by atoms with Gasteiger partial charge in [-0.2, -0.15) is 5.26 Å². The highest BCUT2D eigenvalue weighted by molar-refractivity contribution is 7.88. The van der Waals surface area contributed by atoms with Crippen molar-refractivity contribution in [1.82, 2.24) is 4.31 Å². The Morgan fingerprint density at radius 2 is 1.90 bits per heavy atom. The molecule has 0 saturated carbocycles. The second-order valence-corrected chi connectivity index (χ2v) is 8.74. The highest BCUT2D eigenvalue weighted by Crippen LogP contribution is 2.35. The smallest absolute Gasteiger partial charge is 0.212 e. The van der Waals surface area contributed by atoms with Gasteiger partial charge >= 0.3 is 0 Å². The van der Waals surface area contributed by atoms with Gasteiger partial charge in [-0.25, -0.2) is 12.7 Å². The lowest BCUT2D eigenvalue weighted by Crippen LogP contribution is -2.32. The van der Waals surface area contributed by atoms with Crippen molar-refractivity contribution in [2.24, 2.45) is 11.3 Å². The zero-order chi connectivity index (χ0) is 15.7. The summed E-state index contributed by atoms with van der Waals surface area (Å²) in [6.45, 7) is 7.71. The first kappa shape index (κ1) is 16.0. The van der Waals surface area contributed by atoms with E-state index in [9.17, 15) is 8.42 Å². The van der Waals surface area contributed by atoms with E-state index in [0.717, 1.165) is 12.0 Å². The maximum absolute atomic E-state index is 12.5. The van der Waals surface area contributed by atoms with Crippen molar-refractivity contribution in [2.45, 2.75) is 32.9 Å². The maximum atomic E-state index is 12.5. The fourth-order valence-electron chi connectivity index (χ4n) is 2.67. The molecule has 1 aromatic rings. The third kappa shape index (κ3) is 3.84. The lowest BCUT2D eigenvalue weighted by molar-refractivity contribution is 0.252. The molecule has 21 heavy (non-hydrogen) atoms. The Kier molecular flexibility index (Phi) is 4.40. The van der Waals surface area contributed by atoms with E-state index in [4.69, 9.17) is 5.26 Å². The number of nitriles is 1. The zero-order valence-electron chi connectivity index (χ0n) is 12.8. The van der Waals surface area contributed by atoms with E-state index >= 15 is 0 Å². The van der Waals surface area contributed by atoms with Crippen molar-refractivity contribution in [3.05, 3.63) is 35.4 Å². The molecule has 0 N–H and O–H groups in total. The van der Waals surface area contributed by atoms with E-state index in [1.165, 1.54) is 0 Å². The summed E-state index contributed by atoms with van der Waals surface area (Å²) in [6.07, 6.45) is 0.927. The van der Waals surface area contributed by atoms with Crippen LogP contribution in [0.15, 0.2) is 24.3 Å². The Morgan fingerprint density at radius 3 is 2.38 bits per heavy atom. The first-order valence-corrected chi connectivity index (χ1v) is 8.80. The van der Waals surface area contributed by atoms with Crippen LogP contribution in [0.5, 0.6) is 0 Å². The van der Waals surface area contributed by atoms with Gasteiger partial charge in [0.1, 0.15) is 0 Å². The maximum Gasteiger partial charge on any atom is 0.218 e. The molecule has 0 spiro atoms. The monoisotopic (exact) mass is 306 g/mol. The molecule has 1 heterocycles. The van der Waals surface area contributed by atoms with E-state index in [1.54, 1.807) is 28.6 Å². The SMILES string of the molecule is CC(C)(C)C1CCN(S(=O)(=O)Cc2ccc(C#N)cc2)C1. The van der Waals surface area contributed by atoms with Gasteiger partial charge in [-0.15, -0.1) is 0 Å². The molecule has 0 radical (unpaired) electrons. The molecule has 114 valence electrons. The molecule has 0 bridgehead atoms. The van der Waals surface area contributed by atoms with Crippen molar-refractivity contribution in [1.29, 1.82) is 5.26 Å². The molecule has 1 fully saturated rings. The molecule has 4 nitrogen and oxygen atoms in total. The largest absolute Gasteiger partial charge is 0.218 e. The number of sulfonamides is 1. The van der Waals surface area contributed by atoms with E-state index in [1.807, 2.05) is 6.07 Å². The van der Waals surface area contributed by atoms with Gasteiger partial charge in [-0.1, -0.05) is 32.9 Å². The van der Waals surface area contributed by atoms with Gasteiger partial charge in [0.25, 0.3) is 0 Å². The predicted molar refractivity (Wildman–Crippen MR) is 82.9 cm³/mol. The first-order chi connectivity index (χ1) is 9.72. The third-order valence-electron chi connectivity index (χ3n) is 4.20. The molecule has 1 atom stereocenters. The lowest BCUT2D eigenvalue weighted by Gasteiger charge is -2.26. The summed E-state index contributed by atoms with van der Waals surface area (Å²) in [5, 5.41) is 8.76. The van der Waals surface area contributed by atoms with Crippen LogP contribution in [0.1, 0.15) is 38.3 Å². The van der Waals surface area contributed by atoms with Crippen molar-refractivity contribution in [3.8, 4) is 6.07 Å². The molecule has 1 aliphatic rings. The summed E-state index contributed by atoms with van der Waals surface area (Å²) in [4.78, 5) is 0. The molecule has 0 amide bonds. The summed E-state index contributed by atoms with van der Waals surface area (Å²) in [5.74, 6) is 0.420. The van der Waals surface area contributed by atoms with E-state index < -0.39 is 10.0 Å². The molecule has 5 heteroatoms. The topological polar surface area (TPSA) is 61.2 Å². The third-order valence-corrected chi connectivity index (χ3v) is 6.02. The number of nitrogens with zero attached hydrogens (tertiary/aromatic N) is 2. The summed E-state index contributed by atoms with van der Waals surface area (Å²) in [5.41, 5.74) is 1.41. The van der Waals surface area contributed by atoms with Crippen LogP contribution in [0.3, 0.4) is 0 Å². The second-order valence-electron chi connectivity index (χ2n) is 6.77. The van der Waals surface area contributed by atoms with E-state index in [-0.39, 0.29) is 11.2 Å². The minimum Gasteiger partial charge on any atom is -0.212 e. The van der Waals surface area contributed by atoms with Crippen LogP contribution < -0.4 is 0 Å². The average Bonchev–Trinajstić information content (AvgIpc) is 2.89. The zero-order valence-corrected chi connectivity index (χ0v) is 13.7. The highest BCUT2D eigenvalue weighted by atomic mass is 32.2. The fraction of sp³-hybridized carbons (Fsp3) is 0.562. The van der Waals surface area contributed by atoms with Crippen LogP contribution in [0.2, 0.25) is 0 Å². The van der Waals surface area contributed by atoms with Crippen molar-refractivity contribution in [2.75, 3.05) is 13.1 Å². The molecule has 0 aromatic heterocycles. The van der Waals surface area contributed by atoms with Crippen molar-refractivity contribution >= 4 is 10.0 Å². The Morgan fingerprint density at radius 1 is 1.29 bits per heavy atom. The van der Waals surface area contributed by atoms with Crippen molar-refractivity contribution < 1.29 is 8.42 Å². The average molecular weight is 306 g/mol. The van der Waals surface area contributed by atoms with Crippen molar-refractivity contribution in [3.63, 3.8) is 0 Å². The van der Waals surface area contributed by atoms with Gasteiger partial charge in [0.15, 0.2) is 0 Å². The molecular formula is C16H22N2O2S. The molecule has 2 rings (SSSR count). The quantitative estimate of drug-likeness (QED) is 0.862. The van der Waals surface area contributed by atoms with Crippen LogP contribution in [0.25, 0.3) is 0 Å².